The highest BCUT2D eigenvalue weighted by Crippen LogP contribution is 2.32. The normalized spacial score (nSPS) is 26.1. The third kappa shape index (κ3) is 4.74. The number of benzene rings is 1. The van der Waals surface area contributed by atoms with Crippen molar-refractivity contribution in [2.75, 3.05) is 39.5 Å². The Morgan fingerprint density at radius 2 is 1.81 bits per heavy atom. The van der Waals surface area contributed by atoms with Gasteiger partial charge in [-0.15, -0.1) is 0 Å². The van der Waals surface area contributed by atoms with E-state index in [2.05, 4.69) is 34.2 Å². The summed E-state index contributed by atoms with van der Waals surface area (Å²) < 4.78 is 10.8. The van der Waals surface area contributed by atoms with Crippen LogP contribution in [0.15, 0.2) is 18.2 Å². The minimum Gasteiger partial charge on any atom is -0.454 e. The summed E-state index contributed by atoms with van der Waals surface area (Å²) in [5, 5.41) is 3.27. The van der Waals surface area contributed by atoms with E-state index in [0.29, 0.717) is 25.3 Å². The van der Waals surface area contributed by atoms with E-state index in [9.17, 15) is 4.79 Å². The largest absolute Gasteiger partial charge is 0.454 e. The molecule has 1 aromatic rings. The molecule has 1 saturated carbocycles. The Kier molecular flexibility index (Phi) is 5.83. The summed E-state index contributed by atoms with van der Waals surface area (Å²) in [5.74, 6) is 2.49. The van der Waals surface area contributed by atoms with Crippen LogP contribution in [0.3, 0.4) is 0 Å². The van der Waals surface area contributed by atoms with Crippen molar-refractivity contribution in [3.8, 4) is 11.5 Å². The van der Waals surface area contributed by atoms with E-state index < -0.39 is 0 Å². The Bertz CT molecular complexity index is 658. The molecule has 3 aliphatic rings. The standard InChI is InChI=1S/C21H31N3O3/c1-16-4-2-3-5-18(16)22-21(25)14-24-10-8-23(9-11-24)13-17-6-7-19-20(12-17)27-15-26-19/h6-7,12,16,18H,2-5,8-11,13-15H2,1H3,(H,22,25)/t16-,18-/m1/s1. The number of rotatable bonds is 5. The Morgan fingerprint density at radius 3 is 2.63 bits per heavy atom. The van der Waals surface area contributed by atoms with Gasteiger partial charge in [-0.25, -0.2) is 0 Å². The zero-order valence-electron chi connectivity index (χ0n) is 16.3. The van der Waals surface area contributed by atoms with Crippen molar-refractivity contribution < 1.29 is 14.3 Å². The van der Waals surface area contributed by atoms with E-state index in [-0.39, 0.29) is 5.91 Å². The van der Waals surface area contributed by atoms with Gasteiger partial charge in [0.2, 0.25) is 12.7 Å². The Hall–Kier alpha value is -1.79. The maximum atomic E-state index is 12.4. The molecule has 6 nitrogen and oxygen atoms in total. The number of carbonyl (C=O) groups excluding carboxylic acids is 1. The molecule has 0 radical (unpaired) electrons. The molecule has 27 heavy (non-hydrogen) atoms. The van der Waals surface area contributed by atoms with E-state index in [0.717, 1.165) is 50.6 Å². The lowest BCUT2D eigenvalue weighted by Gasteiger charge is -2.35. The number of ether oxygens (including phenoxy) is 2. The van der Waals surface area contributed by atoms with Crippen molar-refractivity contribution >= 4 is 5.91 Å². The smallest absolute Gasteiger partial charge is 0.234 e. The summed E-state index contributed by atoms with van der Waals surface area (Å²) in [7, 11) is 0. The predicted molar refractivity (Wildman–Crippen MR) is 104 cm³/mol. The number of hydrogen-bond donors (Lipinski definition) is 1. The van der Waals surface area contributed by atoms with Gasteiger partial charge < -0.3 is 14.8 Å². The number of nitrogens with zero attached hydrogens (tertiary/aromatic N) is 2. The lowest BCUT2D eigenvalue weighted by molar-refractivity contribution is -0.124. The average Bonchev–Trinajstić information content (AvgIpc) is 3.13. The van der Waals surface area contributed by atoms with Crippen LogP contribution in [0, 0.1) is 5.92 Å². The van der Waals surface area contributed by atoms with Gasteiger partial charge in [0.05, 0.1) is 6.54 Å². The monoisotopic (exact) mass is 373 g/mol. The van der Waals surface area contributed by atoms with Crippen molar-refractivity contribution in [1.29, 1.82) is 0 Å². The molecule has 2 heterocycles. The number of carbonyl (C=O) groups is 1. The topological polar surface area (TPSA) is 54.0 Å². The summed E-state index contributed by atoms with van der Waals surface area (Å²) in [6.45, 7) is 7.88. The third-order valence-electron chi connectivity index (χ3n) is 6.13. The first-order chi connectivity index (χ1) is 13.2. The maximum absolute atomic E-state index is 12.4. The van der Waals surface area contributed by atoms with Gasteiger partial charge in [0.25, 0.3) is 0 Å². The van der Waals surface area contributed by atoms with Crippen LogP contribution in [0.25, 0.3) is 0 Å². The van der Waals surface area contributed by atoms with Gasteiger partial charge in [-0.1, -0.05) is 25.8 Å². The van der Waals surface area contributed by atoms with Gasteiger partial charge >= 0.3 is 0 Å². The van der Waals surface area contributed by atoms with Crippen LogP contribution < -0.4 is 14.8 Å². The summed E-state index contributed by atoms with van der Waals surface area (Å²) in [6.07, 6.45) is 4.92. The lowest BCUT2D eigenvalue weighted by Crippen LogP contribution is -2.51. The second kappa shape index (κ2) is 8.48. The van der Waals surface area contributed by atoms with Crippen LogP contribution in [0.1, 0.15) is 38.2 Å². The van der Waals surface area contributed by atoms with Gasteiger partial charge in [0, 0.05) is 38.8 Å². The van der Waals surface area contributed by atoms with Crippen LogP contribution in [-0.4, -0.2) is 61.3 Å². The highest BCUT2D eigenvalue weighted by molar-refractivity contribution is 5.78. The zero-order valence-corrected chi connectivity index (χ0v) is 16.3. The first kappa shape index (κ1) is 18.6. The predicted octanol–water partition coefficient (Wildman–Crippen LogP) is 2.23. The number of hydrogen-bond acceptors (Lipinski definition) is 5. The summed E-state index contributed by atoms with van der Waals surface area (Å²) in [5.41, 5.74) is 1.25. The molecule has 6 heteroatoms. The van der Waals surface area contributed by atoms with E-state index >= 15 is 0 Å². The van der Waals surface area contributed by atoms with Crippen molar-refractivity contribution in [2.45, 2.75) is 45.2 Å². The van der Waals surface area contributed by atoms with Crippen molar-refractivity contribution in [3.63, 3.8) is 0 Å². The van der Waals surface area contributed by atoms with Crippen LogP contribution in [-0.2, 0) is 11.3 Å². The molecular weight excluding hydrogens is 342 g/mol. The second-order valence-electron chi connectivity index (χ2n) is 8.18. The molecule has 1 saturated heterocycles. The number of amides is 1. The minimum absolute atomic E-state index is 0.193. The summed E-state index contributed by atoms with van der Waals surface area (Å²) >= 11 is 0. The van der Waals surface area contributed by atoms with Gasteiger partial charge in [0.1, 0.15) is 0 Å². The highest BCUT2D eigenvalue weighted by Gasteiger charge is 2.25. The van der Waals surface area contributed by atoms with Crippen LogP contribution in [0.2, 0.25) is 0 Å². The molecule has 1 aromatic carbocycles. The van der Waals surface area contributed by atoms with Crippen LogP contribution >= 0.6 is 0 Å². The first-order valence-corrected chi connectivity index (χ1v) is 10.3. The molecule has 2 fully saturated rings. The molecule has 4 rings (SSSR count). The fraction of sp³-hybridized carbons (Fsp3) is 0.667. The number of nitrogens with one attached hydrogen (secondary N) is 1. The molecule has 2 aliphatic heterocycles. The van der Waals surface area contributed by atoms with Gasteiger partial charge in [0.15, 0.2) is 11.5 Å². The molecular formula is C21H31N3O3. The van der Waals surface area contributed by atoms with Crippen molar-refractivity contribution in [1.82, 2.24) is 15.1 Å². The molecule has 0 unspecified atom stereocenters. The number of piperazine rings is 1. The lowest BCUT2D eigenvalue weighted by atomic mass is 9.86. The molecule has 148 valence electrons. The van der Waals surface area contributed by atoms with E-state index in [1.54, 1.807) is 0 Å². The zero-order chi connectivity index (χ0) is 18.6. The van der Waals surface area contributed by atoms with E-state index in [4.69, 9.17) is 9.47 Å². The van der Waals surface area contributed by atoms with Crippen LogP contribution in [0.4, 0.5) is 0 Å². The van der Waals surface area contributed by atoms with E-state index in [1.165, 1.54) is 24.8 Å². The Labute approximate surface area is 161 Å². The minimum atomic E-state index is 0.193. The molecule has 2 atom stereocenters. The van der Waals surface area contributed by atoms with Crippen molar-refractivity contribution in [3.05, 3.63) is 23.8 Å². The third-order valence-corrected chi connectivity index (χ3v) is 6.13. The highest BCUT2D eigenvalue weighted by atomic mass is 16.7. The molecule has 0 aromatic heterocycles. The second-order valence-corrected chi connectivity index (χ2v) is 8.18. The average molecular weight is 373 g/mol. The molecule has 0 spiro atoms. The Balaban J connectivity index is 1.20. The summed E-state index contributed by atoms with van der Waals surface area (Å²) in [4.78, 5) is 17.1. The SMILES string of the molecule is C[C@@H]1CCCC[C@H]1NC(=O)CN1CCN(Cc2ccc3c(c2)OCO3)CC1. The molecule has 1 aliphatic carbocycles. The van der Waals surface area contributed by atoms with E-state index in [1.807, 2.05) is 6.07 Å². The van der Waals surface area contributed by atoms with Gasteiger partial charge in [-0.2, -0.15) is 0 Å². The molecule has 0 bridgehead atoms. The molecule has 1 N–H and O–H groups in total. The van der Waals surface area contributed by atoms with Crippen molar-refractivity contribution in [2.24, 2.45) is 5.92 Å². The fourth-order valence-electron chi connectivity index (χ4n) is 4.39. The summed E-state index contributed by atoms with van der Waals surface area (Å²) in [6, 6.07) is 6.55. The first-order valence-electron chi connectivity index (χ1n) is 10.3. The fourth-order valence-corrected chi connectivity index (χ4v) is 4.39. The quantitative estimate of drug-likeness (QED) is 0.858. The maximum Gasteiger partial charge on any atom is 0.234 e. The molecule has 1 amide bonds. The van der Waals surface area contributed by atoms with Crippen LogP contribution in [0.5, 0.6) is 11.5 Å². The number of fused-ring (bicyclic) bond motifs is 1. The van der Waals surface area contributed by atoms with Gasteiger partial charge in [-0.05, 0) is 36.5 Å². The Morgan fingerprint density at radius 1 is 1.07 bits per heavy atom. The van der Waals surface area contributed by atoms with Gasteiger partial charge in [-0.3, -0.25) is 14.6 Å².